The van der Waals surface area contributed by atoms with Crippen LogP contribution in [0.15, 0.2) is 44.9 Å². The summed E-state index contributed by atoms with van der Waals surface area (Å²) in [5.41, 5.74) is 5.87. The summed E-state index contributed by atoms with van der Waals surface area (Å²) in [6.07, 6.45) is 8.62. The number of hydrogen-bond donors (Lipinski definition) is 0. The molecule has 154 valence electrons. The van der Waals surface area contributed by atoms with Crippen molar-refractivity contribution >= 4 is 16.7 Å². The maximum atomic E-state index is 13.0. The van der Waals surface area contributed by atoms with Crippen molar-refractivity contribution in [2.75, 3.05) is 13.1 Å². The normalized spacial score (nSPS) is 17.0. The first-order chi connectivity index (χ1) is 14.7. The average molecular weight is 402 g/mol. The summed E-state index contributed by atoms with van der Waals surface area (Å²) < 4.78 is 5.75. The zero-order valence-corrected chi connectivity index (χ0v) is 17.4. The van der Waals surface area contributed by atoms with Gasteiger partial charge in [0.1, 0.15) is 5.58 Å². The van der Waals surface area contributed by atoms with Crippen LogP contribution in [-0.4, -0.2) is 33.7 Å². The van der Waals surface area contributed by atoms with Gasteiger partial charge in [-0.05, 0) is 43.4 Å². The molecule has 0 saturated carbocycles. The summed E-state index contributed by atoms with van der Waals surface area (Å²) >= 11 is 0. The molecule has 0 aliphatic carbocycles. The third-order valence-electron chi connectivity index (χ3n) is 6.11. The van der Waals surface area contributed by atoms with Gasteiger partial charge in [0.15, 0.2) is 11.3 Å². The lowest BCUT2D eigenvalue weighted by Crippen LogP contribution is -2.33. The van der Waals surface area contributed by atoms with Crippen molar-refractivity contribution in [1.29, 1.82) is 0 Å². The predicted molar refractivity (Wildman–Crippen MR) is 117 cm³/mol. The summed E-state index contributed by atoms with van der Waals surface area (Å²) in [5, 5.41) is 0.672. The molecule has 5 rings (SSSR count). The van der Waals surface area contributed by atoms with E-state index >= 15 is 0 Å². The maximum absolute atomic E-state index is 13.0. The standard InChI is InChI=1S/C24H26N4O2/c1-2-16-6-7-22-19(11-16)23(29)18(15-30-22)14-28-10-8-20-17(13-28)12-26-24(27-20)21-5-3-4-9-25-21/h6-7,11-12,15H,2-5,8-10,13-14H2,1H3. The Morgan fingerprint density at radius 2 is 2.13 bits per heavy atom. The summed E-state index contributed by atoms with van der Waals surface area (Å²) in [6.45, 7) is 5.16. The average Bonchev–Trinajstić information content (AvgIpc) is 2.81. The quantitative estimate of drug-likeness (QED) is 0.666. The SMILES string of the molecule is CCc1ccc2occ(CN3CCc4nc(C5=NCCCC5)ncc4C3)c(=O)c2c1. The van der Waals surface area contributed by atoms with E-state index in [2.05, 4.69) is 21.8 Å². The second-order valence-corrected chi connectivity index (χ2v) is 8.19. The number of fused-ring (bicyclic) bond motifs is 2. The van der Waals surface area contributed by atoms with Crippen LogP contribution < -0.4 is 5.43 Å². The highest BCUT2D eigenvalue weighted by Gasteiger charge is 2.21. The molecule has 6 heteroatoms. The highest BCUT2D eigenvalue weighted by Crippen LogP contribution is 2.21. The van der Waals surface area contributed by atoms with Crippen molar-refractivity contribution in [3.63, 3.8) is 0 Å². The summed E-state index contributed by atoms with van der Waals surface area (Å²) in [4.78, 5) is 29.3. The number of aryl methyl sites for hydroxylation is 1. The van der Waals surface area contributed by atoms with Gasteiger partial charge in [-0.15, -0.1) is 0 Å². The number of rotatable bonds is 4. The zero-order valence-electron chi connectivity index (χ0n) is 17.4. The number of nitrogens with zero attached hydrogens (tertiary/aromatic N) is 4. The molecule has 0 unspecified atom stereocenters. The van der Waals surface area contributed by atoms with E-state index in [9.17, 15) is 4.79 Å². The fourth-order valence-electron chi connectivity index (χ4n) is 4.32. The van der Waals surface area contributed by atoms with Crippen LogP contribution in [0.5, 0.6) is 0 Å². The van der Waals surface area contributed by atoms with Crippen molar-refractivity contribution in [2.45, 2.75) is 52.1 Å². The van der Waals surface area contributed by atoms with Gasteiger partial charge in [0, 0.05) is 49.9 Å². The third kappa shape index (κ3) is 3.67. The highest BCUT2D eigenvalue weighted by atomic mass is 16.3. The fraction of sp³-hybridized carbons (Fsp3) is 0.417. The lowest BCUT2D eigenvalue weighted by atomic mass is 10.0. The molecule has 6 nitrogen and oxygen atoms in total. The molecule has 2 aromatic heterocycles. The Morgan fingerprint density at radius 1 is 1.20 bits per heavy atom. The van der Waals surface area contributed by atoms with E-state index in [-0.39, 0.29) is 5.43 Å². The van der Waals surface area contributed by atoms with Gasteiger partial charge >= 0.3 is 0 Å². The summed E-state index contributed by atoms with van der Waals surface area (Å²) in [7, 11) is 0. The Bertz CT molecular complexity index is 1180. The molecule has 2 aliphatic rings. The van der Waals surface area contributed by atoms with Crippen LogP contribution in [0.2, 0.25) is 0 Å². The van der Waals surface area contributed by atoms with Crippen molar-refractivity contribution in [3.8, 4) is 0 Å². The summed E-state index contributed by atoms with van der Waals surface area (Å²) in [6, 6.07) is 5.86. The highest BCUT2D eigenvalue weighted by molar-refractivity contribution is 5.97. The Balaban J connectivity index is 1.36. The van der Waals surface area contributed by atoms with Crippen molar-refractivity contribution in [1.82, 2.24) is 14.9 Å². The second kappa shape index (κ2) is 8.11. The maximum Gasteiger partial charge on any atom is 0.197 e. The van der Waals surface area contributed by atoms with Crippen LogP contribution in [-0.2, 0) is 25.9 Å². The molecule has 4 heterocycles. The van der Waals surface area contributed by atoms with Crippen molar-refractivity contribution < 1.29 is 4.42 Å². The van der Waals surface area contributed by atoms with E-state index in [0.717, 1.165) is 73.7 Å². The van der Waals surface area contributed by atoms with Crippen LogP contribution in [0.3, 0.4) is 0 Å². The molecule has 0 amide bonds. The molecule has 0 bridgehead atoms. The van der Waals surface area contributed by atoms with E-state index in [0.29, 0.717) is 23.1 Å². The minimum Gasteiger partial charge on any atom is -0.464 e. The zero-order chi connectivity index (χ0) is 20.5. The lowest BCUT2D eigenvalue weighted by Gasteiger charge is -2.28. The molecule has 3 aromatic rings. The first-order valence-corrected chi connectivity index (χ1v) is 10.9. The molecule has 0 fully saturated rings. The predicted octanol–water partition coefficient (Wildman–Crippen LogP) is 3.68. The van der Waals surface area contributed by atoms with E-state index in [1.165, 1.54) is 6.42 Å². The van der Waals surface area contributed by atoms with E-state index in [1.54, 1.807) is 6.26 Å². The first kappa shape index (κ1) is 19.1. The molecule has 0 N–H and O–H groups in total. The molecular weight excluding hydrogens is 376 g/mol. The van der Waals surface area contributed by atoms with E-state index in [4.69, 9.17) is 9.40 Å². The Hall–Kier alpha value is -2.86. The van der Waals surface area contributed by atoms with E-state index < -0.39 is 0 Å². The number of benzene rings is 1. The molecule has 2 aliphatic heterocycles. The number of aromatic nitrogens is 2. The smallest absolute Gasteiger partial charge is 0.197 e. The van der Waals surface area contributed by atoms with Crippen LogP contribution in [0.25, 0.3) is 11.0 Å². The van der Waals surface area contributed by atoms with Gasteiger partial charge in [-0.3, -0.25) is 14.7 Å². The lowest BCUT2D eigenvalue weighted by molar-refractivity contribution is 0.240. The minimum absolute atomic E-state index is 0.0688. The summed E-state index contributed by atoms with van der Waals surface area (Å²) in [5.74, 6) is 0.795. The van der Waals surface area contributed by atoms with Gasteiger partial charge in [-0.1, -0.05) is 13.0 Å². The molecule has 1 aromatic carbocycles. The largest absolute Gasteiger partial charge is 0.464 e. The van der Waals surface area contributed by atoms with Gasteiger partial charge < -0.3 is 4.42 Å². The fourth-order valence-corrected chi connectivity index (χ4v) is 4.32. The van der Waals surface area contributed by atoms with Gasteiger partial charge in [-0.25, -0.2) is 9.97 Å². The first-order valence-electron chi connectivity index (χ1n) is 10.9. The Kier molecular flexibility index (Phi) is 5.17. The molecule has 0 spiro atoms. The molecule has 0 atom stereocenters. The van der Waals surface area contributed by atoms with Crippen LogP contribution in [0.1, 0.15) is 54.4 Å². The Morgan fingerprint density at radius 3 is 2.97 bits per heavy atom. The van der Waals surface area contributed by atoms with Gasteiger partial charge in [0.2, 0.25) is 0 Å². The number of hydrogen-bond acceptors (Lipinski definition) is 6. The molecular formula is C24H26N4O2. The van der Waals surface area contributed by atoms with Crippen molar-refractivity contribution in [2.24, 2.45) is 4.99 Å². The monoisotopic (exact) mass is 402 g/mol. The minimum atomic E-state index is 0.0688. The van der Waals surface area contributed by atoms with Gasteiger partial charge in [0.05, 0.1) is 23.1 Å². The Labute approximate surface area is 175 Å². The second-order valence-electron chi connectivity index (χ2n) is 8.19. The molecule has 0 saturated heterocycles. The van der Waals surface area contributed by atoms with Crippen LogP contribution >= 0.6 is 0 Å². The molecule has 30 heavy (non-hydrogen) atoms. The third-order valence-corrected chi connectivity index (χ3v) is 6.11. The van der Waals surface area contributed by atoms with Gasteiger partial charge in [0.25, 0.3) is 0 Å². The number of aliphatic imine (C=N–C) groups is 1. The van der Waals surface area contributed by atoms with Crippen LogP contribution in [0, 0.1) is 0 Å². The molecule has 0 radical (unpaired) electrons. The van der Waals surface area contributed by atoms with Gasteiger partial charge in [-0.2, -0.15) is 0 Å². The topological polar surface area (TPSA) is 71.6 Å². The van der Waals surface area contributed by atoms with Crippen molar-refractivity contribution in [3.05, 3.63) is 69.1 Å². The van der Waals surface area contributed by atoms with E-state index in [1.807, 2.05) is 24.4 Å². The van der Waals surface area contributed by atoms with Crippen LogP contribution in [0.4, 0.5) is 0 Å².